The summed E-state index contributed by atoms with van der Waals surface area (Å²) in [5.74, 6) is 0. The van der Waals surface area contributed by atoms with Gasteiger partial charge in [0.15, 0.2) is 0 Å². The average molecular weight is 286 g/mol. The first-order valence-corrected chi connectivity index (χ1v) is 6.82. The van der Waals surface area contributed by atoms with Crippen LogP contribution in [-0.2, 0) is 10.2 Å². The first-order valence-electron chi connectivity index (χ1n) is 3.49. The SMILES string of the molecule is O=S(=O)(F)c1ccc(S(F)(F)(F)(F)F)cc1. The molecule has 0 aliphatic rings. The second-order valence-corrected chi connectivity index (χ2v) is 6.63. The van der Waals surface area contributed by atoms with Crippen LogP contribution in [0.1, 0.15) is 0 Å². The van der Waals surface area contributed by atoms with E-state index in [1.807, 2.05) is 0 Å². The predicted octanol–water partition coefficient (Wildman–Crippen LogP) is 4.00. The third-order valence-electron chi connectivity index (χ3n) is 1.55. The summed E-state index contributed by atoms with van der Waals surface area (Å²) < 4.78 is 93.4. The Hall–Kier alpha value is -0.900. The molecule has 0 bridgehead atoms. The first-order chi connectivity index (χ1) is 6.70. The molecule has 1 aromatic carbocycles. The minimum absolute atomic E-state index is 0.128. The van der Waals surface area contributed by atoms with Crippen molar-refractivity contribution in [2.24, 2.45) is 0 Å². The Morgan fingerprint density at radius 3 is 1.50 bits per heavy atom. The normalized spacial score (nSPS) is 17.6. The van der Waals surface area contributed by atoms with Crippen LogP contribution in [0.5, 0.6) is 0 Å². The minimum Gasteiger partial charge on any atom is -0.189 e. The van der Waals surface area contributed by atoms with E-state index < -0.39 is 30.2 Å². The minimum atomic E-state index is -9.83. The molecule has 0 spiro atoms. The van der Waals surface area contributed by atoms with E-state index in [0.717, 1.165) is 0 Å². The highest BCUT2D eigenvalue weighted by Gasteiger charge is 2.65. The summed E-state index contributed by atoms with van der Waals surface area (Å²) in [4.78, 5) is -3.38. The lowest BCUT2D eigenvalue weighted by molar-refractivity contribution is 0.364. The fraction of sp³-hybridized carbons (Fsp3) is 0. The second kappa shape index (κ2) is 2.67. The maximum absolute atomic E-state index is 12.3. The van der Waals surface area contributed by atoms with Crippen molar-refractivity contribution in [3.05, 3.63) is 24.3 Å². The zero-order chi connectivity index (χ0) is 12.9. The van der Waals surface area contributed by atoms with Gasteiger partial charge < -0.3 is 0 Å². The Kier molecular flexibility index (Phi) is 2.20. The molecule has 0 N–H and O–H groups in total. The van der Waals surface area contributed by atoms with Crippen molar-refractivity contribution in [2.45, 2.75) is 9.79 Å². The summed E-state index contributed by atoms with van der Waals surface area (Å²) in [5, 5.41) is 0. The van der Waals surface area contributed by atoms with Crippen molar-refractivity contribution >= 4 is 20.4 Å². The van der Waals surface area contributed by atoms with Crippen LogP contribution in [0.3, 0.4) is 0 Å². The Morgan fingerprint density at radius 1 is 0.875 bits per heavy atom. The third kappa shape index (κ3) is 3.04. The second-order valence-electron chi connectivity index (χ2n) is 2.88. The van der Waals surface area contributed by atoms with Gasteiger partial charge in [-0.05, 0) is 24.3 Å². The number of rotatable bonds is 2. The van der Waals surface area contributed by atoms with E-state index in [0.29, 0.717) is 0 Å². The summed E-state index contributed by atoms with van der Waals surface area (Å²) in [5.41, 5.74) is 0. The molecule has 0 fully saturated rings. The van der Waals surface area contributed by atoms with E-state index in [4.69, 9.17) is 0 Å². The molecular weight excluding hydrogens is 282 g/mol. The lowest BCUT2D eigenvalue weighted by atomic mass is 10.4. The number of hydrogen-bond donors (Lipinski definition) is 0. The Labute approximate surface area is 86.8 Å². The monoisotopic (exact) mass is 286 g/mol. The van der Waals surface area contributed by atoms with Gasteiger partial charge in [-0.15, -0.1) is 3.89 Å². The lowest BCUT2D eigenvalue weighted by Gasteiger charge is -2.40. The molecule has 16 heavy (non-hydrogen) atoms. The van der Waals surface area contributed by atoms with E-state index in [1.54, 1.807) is 0 Å². The number of hydrogen-bond acceptors (Lipinski definition) is 2. The van der Waals surface area contributed by atoms with Crippen LogP contribution < -0.4 is 0 Å². The van der Waals surface area contributed by atoms with E-state index in [9.17, 15) is 31.7 Å². The molecule has 0 aromatic heterocycles. The summed E-state index contributed by atoms with van der Waals surface area (Å²) >= 11 is 0. The predicted molar refractivity (Wildman–Crippen MR) is 46.1 cm³/mol. The quantitative estimate of drug-likeness (QED) is 0.608. The van der Waals surface area contributed by atoms with Gasteiger partial charge in [-0.2, -0.15) is 8.42 Å². The molecule has 94 valence electrons. The Morgan fingerprint density at radius 2 is 1.25 bits per heavy atom. The lowest BCUT2D eigenvalue weighted by Crippen LogP contribution is -2.06. The molecule has 0 amide bonds. The number of halogens is 6. The fourth-order valence-electron chi connectivity index (χ4n) is 0.859. The third-order valence-corrected chi connectivity index (χ3v) is 3.55. The molecule has 0 radical (unpaired) electrons. The van der Waals surface area contributed by atoms with Gasteiger partial charge in [-0.1, -0.05) is 19.4 Å². The van der Waals surface area contributed by atoms with Gasteiger partial charge in [0.05, 0.1) is 4.90 Å². The van der Waals surface area contributed by atoms with Crippen LogP contribution in [0.15, 0.2) is 34.1 Å². The highest BCUT2D eigenvalue weighted by atomic mass is 32.5. The van der Waals surface area contributed by atoms with Crippen molar-refractivity contribution < 1.29 is 31.7 Å². The topological polar surface area (TPSA) is 34.1 Å². The molecule has 0 saturated heterocycles. The smallest absolute Gasteiger partial charge is 0.189 e. The summed E-state index contributed by atoms with van der Waals surface area (Å²) in [6.07, 6.45) is 0. The van der Waals surface area contributed by atoms with Gasteiger partial charge in [-0.25, -0.2) is 0 Å². The average Bonchev–Trinajstić information content (AvgIpc) is 1.99. The molecule has 0 aliphatic carbocycles. The molecule has 0 atom stereocenters. The van der Waals surface area contributed by atoms with Crippen LogP contribution in [0.4, 0.5) is 23.3 Å². The van der Waals surface area contributed by atoms with Crippen molar-refractivity contribution in [1.82, 2.24) is 0 Å². The van der Waals surface area contributed by atoms with Crippen LogP contribution in [0, 0.1) is 0 Å². The molecule has 0 saturated carbocycles. The van der Waals surface area contributed by atoms with E-state index in [1.165, 1.54) is 0 Å². The number of benzene rings is 1. The maximum atomic E-state index is 12.3. The van der Waals surface area contributed by atoms with Crippen molar-refractivity contribution in [3.63, 3.8) is 0 Å². The maximum Gasteiger partial charge on any atom is 0.332 e. The fourth-order valence-corrected chi connectivity index (χ4v) is 1.97. The van der Waals surface area contributed by atoms with E-state index in [2.05, 4.69) is 0 Å². The van der Waals surface area contributed by atoms with E-state index >= 15 is 0 Å². The van der Waals surface area contributed by atoms with Gasteiger partial charge in [-0.3, -0.25) is 0 Å². The van der Waals surface area contributed by atoms with Gasteiger partial charge in [0.25, 0.3) is 0 Å². The van der Waals surface area contributed by atoms with Crippen LogP contribution in [0.2, 0.25) is 0 Å². The van der Waals surface area contributed by atoms with Crippen molar-refractivity contribution in [3.8, 4) is 0 Å². The Bertz CT molecular complexity index is 514. The summed E-state index contributed by atoms with van der Waals surface area (Å²) in [6, 6.07) is -0.0901. The molecule has 10 heteroatoms. The molecule has 0 unspecified atom stereocenters. The zero-order valence-electron chi connectivity index (χ0n) is 7.21. The van der Waals surface area contributed by atoms with Crippen molar-refractivity contribution in [2.75, 3.05) is 0 Å². The van der Waals surface area contributed by atoms with Gasteiger partial charge in [0.2, 0.25) is 0 Å². The molecular formula is C6H4F6O2S2. The van der Waals surface area contributed by atoms with Crippen LogP contribution in [0.25, 0.3) is 0 Å². The van der Waals surface area contributed by atoms with Crippen LogP contribution >= 0.6 is 10.2 Å². The molecule has 0 aliphatic heterocycles. The van der Waals surface area contributed by atoms with Crippen LogP contribution in [-0.4, -0.2) is 8.42 Å². The van der Waals surface area contributed by atoms with Gasteiger partial charge >= 0.3 is 20.4 Å². The van der Waals surface area contributed by atoms with Crippen molar-refractivity contribution in [1.29, 1.82) is 0 Å². The first kappa shape index (κ1) is 13.2. The molecule has 1 rings (SSSR count). The largest absolute Gasteiger partial charge is 0.332 e. The standard InChI is InChI=1S/C6H4F6O2S2/c7-15(13,14)5-1-3-6(4-2-5)16(8,9,10,11)12/h1-4H. The van der Waals surface area contributed by atoms with Gasteiger partial charge in [0, 0.05) is 0 Å². The van der Waals surface area contributed by atoms with Gasteiger partial charge in [0.1, 0.15) is 4.90 Å². The zero-order valence-corrected chi connectivity index (χ0v) is 8.84. The molecule has 0 heterocycles. The van der Waals surface area contributed by atoms with E-state index in [-0.39, 0.29) is 24.3 Å². The summed E-state index contributed by atoms with van der Waals surface area (Å²) in [6.45, 7) is 0. The molecule has 2 nitrogen and oxygen atoms in total. The molecule has 1 aromatic rings. The highest BCUT2D eigenvalue weighted by molar-refractivity contribution is 8.45. The summed E-state index contributed by atoms with van der Waals surface area (Å²) in [7, 11) is -15.0. The Balaban J connectivity index is 3.38. The highest BCUT2D eigenvalue weighted by Crippen LogP contribution is 3.02.